The zero-order valence-corrected chi connectivity index (χ0v) is 19.1. The maximum Gasteiger partial charge on any atom is 0.235 e. The highest BCUT2D eigenvalue weighted by Gasteiger charge is 2.27. The Kier molecular flexibility index (Phi) is 6.42. The van der Waals surface area contributed by atoms with E-state index >= 15 is 0 Å². The Morgan fingerprint density at radius 2 is 1.97 bits per heavy atom. The number of halogens is 2. The van der Waals surface area contributed by atoms with Gasteiger partial charge in [0.1, 0.15) is 17.2 Å². The number of amides is 2. The van der Waals surface area contributed by atoms with Crippen molar-refractivity contribution in [1.29, 1.82) is 0 Å². The molecule has 0 saturated heterocycles. The summed E-state index contributed by atoms with van der Waals surface area (Å²) in [5, 5.41) is 9.38. The molecule has 34 heavy (non-hydrogen) atoms. The molecule has 7 nitrogen and oxygen atoms in total. The molecule has 1 saturated carbocycles. The number of benzene rings is 1. The fourth-order valence-electron chi connectivity index (χ4n) is 4.43. The standard InChI is InChI=1S/C24H23F2N5O2S/c25-14-9-17-19(7-8-27-22(17)18(26)10-14)30-24(33)13-1-3-15(4-2-13)28-11-16-5-6-20-23(29-16)31-21(32)12-34-20/h5-10,13,15,28H,1-4,11-12H2,(H,27,30,33)(H,29,31,32). The molecule has 2 aliphatic rings. The topological polar surface area (TPSA) is 96.0 Å². The number of carbonyl (C=O) groups is 2. The lowest BCUT2D eigenvalue weighted by molar-refractivity contribution is -0.121. The molecule has 176 valence electrons. The van der Waals surface area contributed by atoms with Gasteiger partial charge >= 0.3 is 0 Å². The average molecular weight is 484 g/mol. The van der Waals surface area contributed by atoms with Crippen molar-refractivity contribution in [2.45, 2.75) is 43.2 Å². The van der Waals surface area contributed by atoms with Crippen molar-refractivity contribution in [3.63, 3.8) is 0 Å². The minimum absolute atomic E-state index is 0.0288. The van der Waals surface area contributed by atoms with Crippen LogP contribution in [-0.2, 0) is 16.1 Å². The summed E-state index contributed by atoms with van der Waals surface area (Å²) in [7, 11) is 0. The molecule has 1 fully saturated rings. The first-order valence-corrected chi connectivity index (χ1v) is 12.2. The number of thioether (sulfide) groups is 1. The van der Waals surface area contributed by atoms with Crippen LogP contribution < -0.4 is 16.0 Å². The molecule has 3 N–H and O–H groups in total. The molecule has 0 unspecified atom stereocenters. The van der Waals surface area contributed by atoms with Gasteiger partial charge in [-0.1, -0.05) is 0 Å². The number of pyridine rings is 2. The molecule has 3 heterocycles. The van der Waals surface area contributed by atoms with Crippen LogP contribution in [0.4, 0.5) is 20.3 Å². The van der Waals surface area contributed by atoms with Gasteiger partial charge < -0.3 is 16.0 Å². The number of fused-ring (bicyclic) bond motifs is 2. The molecule has 2 aromatic heterocycles. The van der Waals surface area contributed by atoms with Gasteiger partial charge in [-0.15, -0.1) is 11.8 Å². The second-order valence-corrected chi connectivity index (χ2v) is 9.56. The number of rotatable bonds is 5. The Morgan fingerprint density at radius 3 is 2.79 bits per heavy atom. The highest BCUT2D eigenvalue weighted by Crippen LogP contribution is 2.31. The lowest BCUT2D eigenvalue weighted by Crippen LogP contribution is -2.36. The molecule has 5 rings (SSSR count). The van der Waals surface area contributed by atoms with Crippen LogP contribution in [-0.4, -0.2) is 33.6 Å². The third-order valence-corrected chi connectivity index (χ3v) is 7.27. The summed E-state index contributed by atoms with van der Waals surface area (Å²) in [5.41, 5.74) is 1.24. The van der Waals surface area contributed by atoms with Gasteiger partial charge in [0.2, 0.25) is 11.8 Å². The van der Waals surface area contributed by atoms with Crippen LogP contribution >= 0.6 is 11.8 Å². The van der Waals surface area contributed by atoms with E-state index in [9.17, 15) is 18.4 Å². The Bertz CT molecular complexity index is 1260. The van der Waals surface area contributed by atoms with E-state index in [1.54, 1.807) is 6.07 Å². The molecule has 2 amide bonds. The third-order valence-electron chi connectivity index (χ3n) is 6.22. The minimum Gasteiger partial charge on any atom is -0.325 e. The molecule has 1 aliphatic heterocycles. The molecule has 0 radical (unpaired) electrons. The first-order chi connectivity index (χ1) is 16.5. The molecule has 3 aromatic rings. The summed E-state index contributed by atoms with van der Waals surface area (Å²) in [6, 6.07) is 7.71. The first kappa shape index (κ1) is 22.7. The van der Waals surface area contributed by atoms with Crippen molar-refractivity contribution < 1.29 is 18.4 Å². The third kappa shape index (κ3) is 4.88. The van der Waals surface area contributed by atoms with Crippen molar-refractivity contribution in [3.05, 3.63) is 53.9 Å². The van der Waals surface area contributed by atoms with Gasteiger partial charge in [0.05, 0.1) is 22.0 Å². The first-order valence-electron chi connectivity index (χ1n) is 11.2. The maximum atomic E-state index is 14.0. The number of anilines is 2. The number of nitrogens with one attached hydrogen (secondary N) is 3. The van der Waals surface area contributed by atoms with Crippen LogP contribution in [0, 0.1) is 17.6 Å². The van der Waals surface area contributed by atoms with E-state index in [0.29, 0.717) is 36.6 Å². The normalized spacial score (nSPS) is 20.0. The largest absolute Gasteiger partial charge is 0.325 e. The van der Waals surface area contributed by atoms with Crippen molar-refractivity contribution in [2.75, 3.05) is 16.4 Å². The van der Waals surface area contributed by atoms with Gasteiger partial charge in [-0.25, -0.2) is 13.8 Å². The fraction of sp³-hybridized carbons (Fsp3) is 0.333. The lowest BCUT2D eigenvalue weighted by atomic mass is 9.85. The number of hydrogen-bond donors (Lipinski definition) is 3. The van der Waals surface area contributed by atoms with Crippen LogP contribution in [0.2, 0.25) is 0 Å². The Morgan fingerprint density at radius 1 is 1.15 bits per heavy atom. The number of hydrogen-bond acceptors (Lipinski definition) is 6. The summed E-state index contributed by atoms with van der Waals surface area (Å²) in [6.45, 7) is 0.579. The molecule has 10 heteroatoms. The second kappa shape index (κ2) is 9.63. The van der Waals surface area contributed by atoms with E-state index in [-0.39, 0.29) is 34.7 Å². The lowest BCUT2D eigenvalue weighted by Gasteiger charge is -2.28. The highest BCUT2D eigenvalue weighted by atomic mass is 32.2. The van der Waals surface area contributed by atoms with Crippen LogP contribution in [0.15, 0.2) is 41.4 Å². The van der Waals surface area contributed by atoms with E-state index in [4.69, 9.17) is 0 Å². The molecular formula is C24H23F2N5O2S. The summed E-state index contributed by atoms with van der Waals surface area (Å²) in [4.78, 5) is 33.9. The maximum absolute atomic E-state index is 14.0. The zero-order chi connectivity index (χ0) is 23.7. The van der Waals surface area contributed by atoms with Crippen molar-refractivity contribution in [1.82, 2.24) is 15.3 Å². The van der Waals surface area contributed by atoms with Crippen molar-refractivity contribution in [3.8, 4) is 0 Å². The molecule has 0 atom stereocenters. The summed E-state index contributed by atoms with van der Waals surface area (Å²) in [6.07, 6.45) is 4.48. The summed E-state index contributed by atoms with van der Waals surface area (Å²) in [5.74, 6) is -0.809. The van der Waals surface area contributed by atoms with Crippen LogP contribution in [0.25, 0.3) is 10.9 Å². The molecule has 1 aromatic carbocycles. The summed E-state index contributed by atoms with van der Waals surface area (Å²) < 4.78 is 27.7. The molecule has 0 bridgehead atoms. The predicted molar refractivity (Wildman–Crippen MR) is 126 cm³/mol. The predicted octanol–water partition coefficient (Wildman–Crippen LogP) is 4.24. The van der Waals surface area contributed by atoms with Crippen molar-refractivity contribution >= 4 is 46.0 Å². The fourth-order valence-corrected chi connectivity index (χ4v) is 5.19. The Hall–Kier alpha value is -3.11. The van der Waals surface area contributed by atoms with E-state index in [0.717, 1.165) is 29.5 Å². The number of nitrogens with zero attached hydrogens (tertiary/aromatic N) is 2. The minimum atomic E-state index is -0.757. The zero-order valence-electron chi connectivity index (χ0n) is 18.2. The number of carbonyl (C=O) groups excluding carboxylic acids is 2. The molecule has 0 spiro atoms. The highest BCUT2D eigenvalue weighted by molar-refractivity contribution is 8.00. The molecular weight excluding hydrogens is 460 g/mol. The Balaban J connectivity index is 1.15. The van der Waals surface area contributed by atoms with Crippen molar-refractivity contribution in [2.24, 2.45) is 5.92 Å². The van der Waals surface area contributed by atoms with Gasteiger partial charge in [-0.05, 0) is 49.9 Å². The van der Waals surface area contributed by atoms with Crippen LogP contribution in [0.3, 0.4) is 0 Å². The number of aromatic nitrogens is 2. The monoisotopic (exact) mass is 483 g/mol. The average Bonchev–Trinajstić information content (AvgIpc) is 2.83. The smallest absolute Gasteiger partial charge is 0.235 e. The van der Waals surface area contributed by atoms with Gasteiger partial charge in [0.25, 0.3) is 0 Å². The van der Waals surface area contributed by atoms with Gasteiger partial charge in [-0.3, -0.25) is 14.6 Å². The molecule has 1 aliphatic carbocycles. The van der Waals surface area contributed by atoms with Crippen LogP contribution in [0.1, 0.15) is 31.4 Å². The van der Waals surface area contributed by atoms with Gasteiger partial charge in [0.15, 0.2) is 5.82 Å². The Labute approximate surface area is 199 Å². The SMILES string of the molecule is O=C1CSc2ccc(CNC3CCC(C(=O)Nc4ccnc5c(F)cc(F)cc45)CC3)nc2N1. The van der Waals surface area contributed by atoms with Gasteiger partial charge in [0, 0.05) is 36.2 Å². The quantitative estimate of drug-likeness (QED) is 0.503. The second-order valence-electron chi connectivity index (χ2n) is 8.55. The van der Waals surface area contributed by atoms with Gasteiger partial charge in [-0.2, -0.15) is 0 Å². The van der Waals surface area contributed by atoms with E-state index in [1.165, 1.54) is 24.0 Å². The van der Waals surface area contributed by atoms with E-state index in [2.05, 4.69) is 25.9 Å². The van der Waals surface area contributed by atoms with E-state index in [1.807, 2.05) is 12.1 Å². The summed E-state index contributed by atoms with van der Waals surface area (Å²) >= 11 is 1.48. The van der Waals surface area contributed by atoms with Crippen LogP contribution in [0.5, 0.6) is 0 Å². The van der Waals surface area contributed by atoms with E-state index < -0.39 is 11.6 Å².